The van der Waals surface area contributed by atoms with Crippen molar-refractivity contribution >= 4 is 22.8 Å². The Bertz CT molecular complexity index is 1050. The van der Waals surface area contributed by atoms with E-state index in [0.717, 1.165) is 47.6 Å². The molecule has 5 nitrogen and oxygen atoms in total. The predicted molar refractivity (Wildman–Crippen MR) is 114 cm³/mol. The molecule has 2 amide bonds. The lowest BCUT2D eigenvalue weighted by Gasteiger charge is -2.22. The zero-order valence-electron chi connectivity index (χ0n) is 16.2. The Hall–Kier alpha value is -3.34. The average molecular weight is 388 g/mol. The maximum atomic E-state index is 12.4. The van der Waals surface area contributed by atoms with E-state index in [4.69, 9.17) is 10.5 Å². The van der Waals surface area contributed by atoms with Crippen molar-refractivity contribution in [3.63, 3.8) is 0 Å². The molecule has 3 N–H and O–H groups in total. The van der Waals surface area contributed by atoms with Crippen molar-refractivity contribution in [3.8, 4) is 16.9 Å². The number of nitrogens with two attached hydrogens (primary N) is 1. The molecule has 3 aromatic carbocycles. The lowest BCUT2D eigenvalue weighted by atomic mass is 9.96. The van der Waals surface area contributed by atoms with Gasteiger partial charge >= 0.3 is 6.09 Å². The molecule has 0 radical (unpaired) electrons. The van der Waals surface area contributed by atoms with E-state index in [-0.39, 0.29) is 6.04 Å². The van der Waals surface area contributed by atoms with Crippen molar-refractivity contribution in [2.75, 3.05) is 0 Å². The molecule has 1 saturated carbocycles. The minimum Gasteiger partial charge on any atom is -0.410 e. The number of primary amides is 1. The topological polar surface area (TPSA) is 81.4 Å². The molecule has 4 rings (SSSR count). The van der Waals surface area contributed by atoms with Crippen molar-refractivity contribution in [3.05, 3.63) is 66.2 Å². The third-order valence-electron chi connectivity index (χ3n) is 5.46. The molecule has 0 aliphatic heterocycles. The zero-order valence-corrected chi connectivity index (χ0v) is 16.2. The van der Waals surface area contributed by atoms with Gasteiger partial charge in [-0.15, -0.1) is 0 Å². The normalized spacial score (nSPS) is 14.5. The van der Waals surface area contributed by atoms with Gasteiger partial charge < -0.3 is 15.8 Å². The number of carbonyl (C=O) groups is 2. The van der Waals surface area contributed by atoms with Crippen LogP contribution in [0.15, 0.2) is 60.7 Å². The number of carbonyl (C=O) groups excluding carboxylic acids is 2. The Balaban J connectivity index is 1.66. The van der Waals surface area contributed by atoms with Gasteiger partial charge in [0, 0.05) is 17.2 Å². The molecular weight excluding hydrogens is 364 g/mol. The van der Waals surface area contributed by atoms with Crippen LogP contribution < -0.4 is 15.8 Å². The summed E-state index contributed by atoms with van der Waals surface area (Å²) >= 11 is 0. The molecule has 0 unspecified atom stereocenters. The first-order chi connectivity index (χ1) is 14.1. The molecule has 0 bridgehead atoms. The lowest BCUT2D eigenvalue weighted by molar-refractivity contribution is 0.100. The number of rotatable bonds is 4. The molecule has 0 atom stereocenters. The van der Waals surface area contributed by atoms with E-state index < -0.39 is 12.0 Å². The monoisotopic (exact) mass is 388 g/mol. The van der Waals surface area contributed by atoms with Crippen molar-refractivity contribution in [1.82, 2.24) is 5.32 Å². The molecule has 29 heavy (non-hydrogen) atoms. The van der Waals surface area contributed by atoms with Gasteiger partial charge in [0.25, 0.3) is 0 Å². The predicted octanol–water partition coefficient (Wildman–Crippen LogP) is 5.03. The number of hydrogen-bond donors (Lipinski definition) is 2. The molecule has 0 aromatic heterocycles. The van der Waals surface area contributed by atoms with Gasteiger partial charge in [0.1, 0.15) is 5.75 Å². The first kappa shape index (κ1) is 19.0. The highest BCUT2D eigenvalue weighted by molar-refractivity contribution is 6.08. The van der Waals surface area contributed by atoms with E-state index in [1.807, 2.05) is 48.5 Å². The Kier molecular flexibility index (Phi) is 5.47. The number of para-hydroxylation sites is 1. The second-order valence-corrected chi connectivity index (χ2v) is 7.47. The fourth-order valence-electron chi connectivity index (χ4n) is 4.01. The summed E-state index contributed by atoms with van der Waals surface area (Å²) in [5.41, 5.74) is 7.57. The van der Waals surface area contributed by atoms with Crippen LogP contribution in [0.3, 0.4) is 0 Å². The van der Waals surface area contributed by atoms with Gasteiger partial charge in [0.05, 0.1) is 0 Å². The van der Waals surface area contributed by atoms with E-state index in [0.29, 0.717) is 11.3 Å². The van der Waals surface area contributed by atoms with E-state index >= 15 is 0 Å². The number of benzene rings is 3. The van der Waals surface area contributed by atoms with Crippen LogP contribution in [0, 0.1) is 0 Å². The summed E-state index contributed by atoms with van der Waals surface area (Å²) in [6.07, 6.45) is 5.02. The first-order valence-electron chi connectivity index (χ1n) is 10.0. The van der Waals surface area contributed by atoms with Gasteiger partial charge in [-0.1, -0.05) is 61.7 Å². The van der Waals surface area contributed by atoms with E-state index in [9.17, 15) is 9.59 Å². The molecule has 5 heteroatoms. The van der Waals surface area contributed by atoms with Gasteiger partial charge in [0.2, 0.25) is 5.91 Å². The fourth-order valence-corrected chi connectivity index (χ4v) is 4.01. The lowest BCUT2D eigenvalue weighted by Crippen LogP contribution is -2.38. The highest BCUT2D eigenvalue weighted by atomic mass is 16.6. The largest absolute Gasteiger partial charge is 0.412 e. The quantitative estimate of drug-likeness (QED) is 0.658. The number of hydrogen-bond acceptors (Lipinski definition) is 3. The SMILES string of the molecule is NC(=O)c1cc(-c2ccccc2OC(=O)NC2CCCCC2)cc2ccccc12. The minimum atomic E-state index is -0.489. The highest BCUT2D eigenvalue weighted by Gasteiger charge is 2.18. The molecule has 1 fully saturated rings. The van der Waals surface area contributed by atoms with Gasteiger partial charge in [-0.25, -0.2) is 4.79 Å². The summed E-state index contributed by atoms with van der Waals surface area (Å²) < 4.78 is 5.65. The highest BCUT2D eigenvalue weighted by Crippen LogP contribution is 2.34. The minimum absolute atomic E-state index is 0.172. The zero-order chi connectivity index (χ0) is 20.2. The van der Waals surface area contributed by atoms with E-state index in [2.05, 4.69) is 5.32 Å². The summed E-state index contributed by atoms with van der Waals surface area (Å²) in [6, 6.07) is 18.8. The van der Waals surface area contributed by atoms with E-state index in [1.165, 1.54) is 6.42 Å². The number of amides is 2. The van der Waals surface area contributed by atoms with E-state index in [1.54, 1.807) is 12.1 Å². The second kappa shape index (κ2) is 8.35. The van der Waals surface area contributed by atoms with Crippen LogP contribution in [-0.2, 0) is 0 Å². The Morgan fingerprint density at radius 3 is 2.45 bits per heavy atom. The van der Waals surface area contributed by atoms with Crippen LogP contribution >= 0.6 is 0 Å². The first-order valence-corrected chi connectivity index (χ1v) is 10.0. The summed E-state index contributed by atoms with van der Waals surface area (Å²) in [5, 5.41) is 4.68. The molecule has 0 heterocycles. The number of nitrogens with one attached hydrogen (secondary N) is 1. The summed E-state index contributed by atoms with van der Waals surface area (Å²) in [5.74, 6) is -0.0389. The Labute approximate surface area is 169 Å². The summed E-state index contributed by atoms with van der Waals surface area (Å²) in [6.45, 7) is 0. The van der Waals surface area contributed by atoms with Crippen molar-refractivity contribution in [2.24, 2.45) is 5.73 Å². The third kappa shape index (κ3) is 4.24. The van der Waals surface area contributed by atoms with Gasteiger partial charge in [-0.05, 0) is 47.4 Å². The molecule has 0 spiro atoms. The fraction of sp³-hybridized carbons (Fsp3) is 0.250. The van der Waals surface area contributed by atoms with Gasteiger partial charge in [-0.2, -0.15) is 0 Å². The standard InChI is InChI=1S/C24H24N2O3/c25-23(27)21-15-17(14-16-8-4-5-11-19(16)21)20-12-6-7-13-22(20)29-24(28)26-18-9-2-1-3-10-18/h4-8,11-15,18H,1-3,9-10H2,(H2,25,27)(H,26,28). The number of fused-ring (bicyclic) bond motifs is 1. The maximum absolute atomic E-state index is 12.4. The van der Waals surface area contributed by atoms with Crippen LogP contribution in [-0.4, -0.2) is 18.0 Å². The summed E-state index contributed by atoms with van der Waals surface area (Å²) in [4.78, 5) is 24.5. The van der Waals surface area contributed by atoms with Gasteiger partial charge in [0.15, 0.2) is 0 Å². The van der Waals surface area contributed by atoms with Crippen molar-refractivity contribution in [2.45, 2.75) is 38.1 Å². The van der Waals surface area contributed by atoms with Crippen molar-refractivity contribution < 1.29 is 14.3 Å². The molecule has 0 saturated heterocycles. The van der Waals surface area contributed by atoms with Gasteiger partial charge in [-0.3, -0.25) is 4.79 Å². The second-order valence-electron chi connectivity index (χ2n) is 7.47. The van der Waals surface area contributed by atoms with Crippen LogP contribution in [0.1, 0.15) is 42.5 Å². The molecule has 148 valence electrons. The van der Waals surface area contributed by atoms with Crippen molar-refractivity contribution in [1.29, 1.82) is 0 Å². The average Bonchev–Trinajstić information content (AvgIpc) is 2.74. The molecular formula is C24H24N2O3. The Morgan fingerprint density at radius 2 is 1.66 bits per heavy atom. The smallest absolute Gasteiger partial charge is 0.410 e. The number of ether oxygens (including phenoxy) is 1. The maximum Gasteiger partial charge on any atom is 0.412 e. The molecule has 3 aromatic rings. The molecule has 1 aliphatic carbocycles. The van der Waals surface area contributed by atoms with Crippen LogP contribution in [0.2, 0.25) is 0 Å². The molecule has 1 aliphatic rings. The Morgan fingerprint density at radius 1 is 0.931 bits per heavy atom. The van der Waals surface area contributed by atoms with Crippen LogP contribution in [0.4, 0.5) is 4.79 Å². The summed E-state index contributed by atoms with van der Waals surface area (Å²) in [7, 11) is 0. The van der Waals surface area contributed by atoms with Crippen LogP contribution in [0.5, 0.6) is 5.75 Å². The van der Waals surface area contributed by atoms with Crippen LogP contribution in [0.25, 0.3) is 21.9 Å². The third-order valence-corrected chi connectivity index (χ3v) is 5.46.